The van der Waals surface area contributed by atoms with Crippen LogP contribution in [0.3, 0.4) is 0 Å². The van der Waals surface area contributed by atoms with Gasteiger partial charge in [0, 0.05) is 25.3 Å². The Labute approximate surface area is 194 Å². The molecule has 0 spiro atoms. The van der Waals surface area contributed by atoms with E-state index in [1.54, 1.807) is 6.20 Å². The van der Waals surface area contributed by atoms with Crippen molar-refractivity contribution >= 4 is 23.0 Å². The number of H-pyrrole nitrogens is 1. The number of hydrogen-bond donors (Lipinski definition) is 3. The first kappa shape index (κ1) is 20.6. The molecule has 3 N–H and O–H groups in total. The smallest absolute Gasteiger partial charge is 0.407 e. The van der Waals surface area contributed by atoms with Gasteiger partial charge in [-0.3, -0.25) is 4.79 Å². The number of hydrogen-bond acceptors (Lipinski definition) is 7. The summed E-state index contributed by atoms with van der Waals surface area (Å²) in [6, 6.07) is 3.42. The van der Waals surface area contributed by atoms with Gasteiger partial charge >= 0.3 is 6.09 Å². The summed E-state index contributed by atoms with van der Waals surface area (Å²) in [6.45, 7) is 1.38. The summed E-state index contributed by atoms with van der Waals surface area (Å²) in [5, 5.41) is 12.1. The van der Waals surface area contributed by atoms with Crippen molar-refractivity contribution in [1.29, 1.82) is 0 Å². The molecule has 1 atom stereocenters. The minimum Gasteiger partial charge on any atom is -0.492 e. The molecule has 176 valence electrons. The highest BCUT2D eigenvalue weighted by Crippen LogP contribution is 2.48. The lowest BCUT2D eigenvalue weighted by Gasteiger charge is -2.14. The van der Waals surface area contributed by atoms with Gasteiger partial charge in [0.05, 0.1) is 23.3 Å². The molecule has 11 heteroatoms. The molecule has 1 saturated carbocycles. The average molecular weight is 465 g/mol. The van der Waals surface area contributed by atoms with E-state index in [1.807, 2.05) is 12.1 Å². The van der Waals surface area contributed by atoms with Crippen LogP contribution in [0.25, 0.3) is 22.3 Å². The third kappa shape index (κ3) is 3.62. The van der Waals surface area contributed by atoms with Crippen LogP contribution in [-0.4, -0.2) is 69.5 Å². The number of rotatable bonds is 6. The van der Waals surface area contributed by atoms with E-state index < -0.39 is 6.09 Å². The number of amides is 2. The van der Waals surface area contributed by atoms with Crippen LogP contribution in [-0.2, 0) is 0 Å². The molecule has 6 rings (SSSR count). The second-order valence-electron chi connectivity index (χ2n) is 8.76. The van der Waals surface area contributed by atoms with Gasteiger partial charge in [-0.05, 0) is 37.3 Å². The number of nitrogens with one attached hydrogen (secondary N) is 2. The maximum Gasteiger partial charge on any atom is 0.407 e. The standard InChI is InChI=1S/C23H23N5O6/c29-22(27-13-5-6-28(8-13)23(30)31)14-7-24-20-18(14)25-10-26-19(20)17-15(32-9-12-1-2-12)3-4-16-21(17)34-11-33-16/h3-4,7,10,12-13,24H,1-2,5-6,8-9,11H2,(H,27,29)(H,30,31)/t13-/m0/s1. The molecular weight excluding hydrogens is 442 g/mol. The molecule has 2 amide bonds. The summed E-state index contributed by atoms with van der Waals surface area (Å²) in [6.07, 6.45) is 4.91. The lowest BCUT2D eigenvalue weighted by Crippen LogP contribution is -2.38. The van der Waals surface area contributed by atoms with Crippen LogP contribution in [0, 0.1) is 5.92 Å². The van der Waals surface area contributed by atoms with Gasteiger partial charge in [-0.15, -0.1) is 0 Å². The van der Waals surface area contributed by atoms with Gasteiger partial charge in [-0.2, -0.15) is 0 Å². The van der Waals surface area contributed by atoms with Crippen molar-refractivity contribution in [3.63, 3.8) is 0 Å². The number of likely N-dealkylation sites (tertiary alicyclic amines) is 1. The largest absolute Gasteiger partial charge is 0.492 e. The zero-order chi connectivity index (χ0) is 23.2. The number of carbonyl (C=O) groups is 2. The van der Waals surface area contributed by atoms with E-state index in [0.29, 0.717) is 70.6 Å². The van der Waals surface area contributed by atoms with E-state index in [0.717, 1.165) is 12.8 Å². The van der Waals surface area contributed by atoms with Crippen molar-refractivity contribution in [1.82, 2.24) is 25.2 Å². The predicted molar refractivity (Wildman–Crippen MR) is 119 cm³/mol. The van der Waals surface area contributed by atoms with Gasteiger partial charge in [0.15, 0.2) is 11.5 Å². The van der Waals surface area contributed by atoms with Gasteiger partial charge in [-0.1, -0.05) is 0 Å². The quantitative estimate of drug-likeness (QED) is 0.505. The summed E-state index contributed by atoms with van der Waals surface area (Å²) in [7, 11) is 0. The number of carboxylic acid groups (broad SMARTS) is 1. The van der Waals surface area contributed by atoms with E-state index in [-0.39, 0.29) is 25.3 Å². The van der Waals surface area contributed by atoms with E-state index in [9.17, 15) is 9.59 Å². The fourth-order valence-corrected chi connectivity index (χ4v) is 4.41. The second kappa shape index (κ2) is 8.08. The first-order valence-electron chi connectivity index (χ1n) is 11.2. The number of nitrogens with zero attached hydrogens (tertiary/aromatic N) is 3. The Bertz CT molecular complexity index is 1290. The molecule has 0 bridgehead atoms. The Morgan fingerprint density at radius 3 is 2.91 bits per heavy atom. The molecule has 0 radical (unpaired) electrons. The molecule has 2 fully saturated rings. The Morgan fingerprint density at radius 2 is 2.12 bits per heavy atom. The van der Waals surface area contributed by atoms with Gasteiger partial charge < -0.3 is 34.5 Å². The second-order valence-corrected chi connectivity index (χ2v) is 8.76. The molecule has 3 aliphatic rings. The molecule has 0 unspecified atom stereocenters. The minimum atomic E-state index is -0.984. The molecule has 2 aliphatic heterocycles. The number of fused-ring (bicyclic) bond motifs is 2. The average Bonchev–Trinajstić information content (AvgIpc) is 3.20. The number of aromatic nitrogens is 3. The normalized spacial score (nSPS) is 18.9. The maximum atomic E-state index is 13.0. The van der Waals surface area contributed by atoms with Crippen LogP contribution < -0.4 is 19.5 Å². The number of aromatic amines is 1. The van der Waals surface area contributed by atoms with E-state index in [1.165, 1.54) is 11.2 Å². The van der Waals surface area contributed by atoms with Gasteiger partial charge in [0.2, 0.25) is 6.79 Å². The van der Waals surface area contributed by atoms with Crippen LogP contribution in [0.1, 0.15) is 29.6 Å². The lowest BCUT2D eigenvalue weighted by atomic mass is 10.1. The van der Waals surface area contributed by atoms with Gasteiger partial charge in [-0.25, -0.2) is 14.8 Å². The fraction of sp³-hybridized carbons (Fsp3) is 0.391. The van der Waals surface area contributed by atoms with Crippen LogP contribution >= 0.6 is 0 Å². The van der Waals surface area contributed by atoms with Gasteiger partial charge in [0.25, 0.3) is 5.91 Å². The minimum absolute atomic E-state index is 0.107. The van der Waals surface area contributed by atoms with Crippen LogP contribution in [0.2, 0.25) is 0 Å². The maximum absolute atomic E-state index is 13.0. The zero-order valence-electron chi connectivity index (χ0n) is 18.2. The Morgan fingerprint density at radius 1 is 1.24 bits per heavy atom. The van der Waals surface area contributed by atoms with Crippen molar-refractivity contribution in [2.75, 3.05) is 26.5 Å². The van der Waals surface area contributed by atoms with Crippen molar-refractivity contribution in [3.05, 3.63) is 30.2 Å². The van der Waals surface area contributed by atoms with E-state index in [4.69, 9.17) is 19.3 Å². The van der Waals surface area contributed by atoms with Gasteiger partial charge in [0.1, 0.15) is 23.3 Å². The van der Waals surface area contributed by atoms with Crippen molar-refractivity contribution in [2.24, 2.45) is 5.92 Å². The zero-order valence-corrected chi connectivity index (χ0v) is 18.2. The molecule has 4 heterocycles. The van der Waals surface area contributed by atoms with E-state index in [2.05, 4.69) is 20.3 Å². The van der Waals surface area contributed by atoms with E-state index >= 15 is 0 Å². The summed E-state index contributed by atoms with van der Waals surface area (Å²) < 4.78 is 17.4. The molecule has 11 nitrogen and oxygen atoms in total. The first-order chi connectivity index (χ1) is 16.6. The van der Waals surface area contributed by atoms with Crippen LogP contribution in [0.15, 0.2) is 24.7 Å². The summed E-state index contributed by atoms with van der Waals surface area (Å²) >= 11 is 0. The summed E-state index contributed by atoms with van der Waals surface area (Å²) in [4.78, 5) is 37.5. The topological polar surface area (TPSA) is 139 Å². The Kier molecular flexibility index (Phi) is 4.89. The van der Waals surface area contributed by atoms with Crippen molar-refractivity contribution in [2.45, 2.75) is 25.3 Å². The van der Waals surface area contributed by atoms with Crippen LogP contribution in [0.5, 0.6) is 17.2 Å². The molecule has 2 aromatic heterocycles. The van der Waals surface area contributed by atoms with Crippen molar-refractivity contribution in [3.8, 4) is 28.5 Å². The molecule has 1 aliphatic carbocycles. The Balaban J connectivity index is 1.34. The first-order valence-corrected chi connectivity index (χ1v) is 11.2. The summed E-state index contributed by atoms with van der Waals surface area (Å²) in [5.74, 6) is 2.03. The molecular formula is C23H23N5O6. The van der Waals surface area contributed by atoms with Crippen molar-refractivity contribution < 1.29 is 28.9 Å². The fourth-order valence-electron chi connectivity index (χ4n) is 4.41. The highest BCUT2D eigenvalue weighted by Gasteiger charge is 2.30. The lowest BCUT2D eigenvalue weighted by molar-refractivity contribution is 0.0937. The molecule has 1 aromatic carbocycles. The number of ether oxygens (including phenoxy) is 3. The highest BCUT2D eigenvalue weighted by molar-refractivity contribution is 6.08. The monoisotopic (exact) mass is 465 g/mol. The molecule has 3 aromatic rings. The van der Waals surface area contributed by atoms with Crippen LogP contribution in [0.4, 0.5) is 4.79 Å². The highest BCUT2D eigenvalue weighted by atomic mass is 16.7. The third-order valence-electron chi connectivity index (χ3n) is 6.41. The third-order valence-corrected chi connectivity index (χ3v) is 6.41. The Hall–Kier alpha value is -4.02. The SMILES string of the molecule is O=C(N[C@H]1CCN(C(=O)O)C1)c1c[nH]c2c(-c3c(OCC4CC4)ccc4c3OCO4)ncnc12. The molecule has 1 saturated heterocycles. The number of carbonyl (C=O) groups excluding carboxylic acids is 1. The summed E-state index contributed by atoms with van der Waals surface area (Å²) in [5.41, 5.74) is 2.60. The number of benzene rings is 1. The molecule has 34 heavy (non-hydrogen) atoms. The predicted octanol–water partition coefficient (Wildman–Crippen LogP) is 2.62.